The van der Waals surface area contributed by atoms with Crippen molar-refractivity contribution in [1.82, 2.24) is 5.43 Å². The van der Waals surface area contributed by atoms with Crippen LogP contribution in [0.1, 0.15) is 44.1 Å². The predicted octanol–water partition coefficient (Wildman–Crippen LogP) is 4.29. The van der Waals surface area contributed by atoms with Gasteiger partial charge in [-0.1, -0.05) is 40.9 Å². The Morgan fingerprint density at radius 3 is 2.38 bits per heavy atom. The van der Waals surface area contributed by atoms with E-state index in [9.17, 15) is 19.8 Å². The SMILES string of the molecule is O=C(CCCCCCC(=O)Nc1ccccc1O)N/N=C/c1cc(O)ccc1Br. The van der Waals surface area contributed by atoms with E-state index < -0.39 is 0 Å². The largest absolute Gasteiger partial charge is 0.508 e. The highest BCUT2D eigenvalue weighted by atomic mass is 79.9. The van der Waals surface area contributed by atoms with Crippen LogP contribution in [0.4, 0.5) is 5.69 Å². The van der Waals surface area contributed by atoms with Gasteiger partial charge in [-0.05, 0) is 43.2 Å². The number of carbonyl (C=O) groups is 2. The first-order valence-corrected chi connectivity index (χ1v) is 10.1. The van der Waals surface area contributed by atoms with Crippen molar-refractivity contribution in [1.29, 1.82) is 0 Å². The number of hydrazone groups is 1. The Hall–Kier alpha value is -2.87. The van der Waals surface area contributed by atoms with E-state index in [-0.39, 0.29) is 23.3 Å². The minimum Gasteiger partial charge on any atom is -0.508 e. The van der Waals surface area contributed by atoms with Gasteiger partial charge in [0.25, 0.3) is 0 Å². The van der Waals surface area contributed by atoms with Crippen LogP contribution in [0.2, 0.25) is 0 Å². The number of halogens is 1. The second-order valence-corrected chi connectivity index (χ2v) is 7.33. The van der Waals surface area contributed by atoms with Crippen molar-refractivity contribution in [2.24, 2.45) is 5.10 Å². The zero-order valence-electron chi connectivity index (χ0n) is 15.9. The van der Waals surface area contributed by atoms with E-state index >= 15 is 0 Å². The second kappa shape index (κ2) is 11.9. The fourth-order valence-electron chi connectivity index (χ4n) is 2.58. The monoisotopic (exact) mass is 461 g/mol. The Kier molecular flexibility index (Phi) is 9.17. The lowest BCUT2D eigenvalue weighted by Crippen LogP contribution is -2.17. The highest BCUT2D eigenvalue weighted by Gasteiger charge is 2.06. The smallest absolute Gasteiger partial charge is 0.240 e. The van der Waals surface area contributed by atoms with E-state index in [0.29, 0.717) is 36.9 Å². The number of nitrogens with zero attached hydrogens (tertiary/aromatic N) is 1. The molecule has 29 heavy (non-hydrogen) atoms. The maximum absolute atomic E-state index is 11.9. The van der Waals surface area contributed by atoms with Gasteiger partial charge in [0, 0.05) is 22.9 Å². The van der Waals surface area contributed by atoms with Crippen LogP contribution in [0.15, 0.2) is 52.0 Å². The van der Waals surface area contributed by atoms with Crippen LogP contribution in [0.25, 0.3) is 0 Å². The Morgan fingerprint density at radius 2 is 1.66 bits per heavy atom. The van der Waals surface area contributed by atoms with Gasteiger partial charge in [0.1, 0.15) is 11.5 Å². The molecule has 0 unspecified atom stereocenters. The molecule has 2 amide bonds. The Morgan fingerprint density at radius 1 is 0.966 bits per heavy atom. The second-order valence-electron chi connectivity index (χ2n) is 6.48. The van der Waals surface area contributed by atoms with E-state index in [0.717, 1.165) is 17.3 Å². The minimum absolute atomic E-state index is 0.0472. The van der Waals surface area contributed by atoms with Crippen molar-refractivity contribution in [2.75, 3.05) is 5.32 Å². The summed E-state index contributed by atoms with van der Waals surface area (Å²) in [6.45, 7) is 0. The summed E-state index contributed by atoms with van der Waals surface area (Å²) in [5, 5.41) is 25.6. The van der Waals surface area contributed by atoms with Gasteiger partial charge in [-0.25, -0.2) is 5.43 Å². The van der Waals surface area contributed by atoms with Gasteiger partial charge in [0.05, 0.1) is 11.9 Å². The number of aromatic hydroxyl groups is 2. The molecule has 7 nitrogen and oxygen atoms in total. The lowest BCUT2D eigenvalue weighted by Gasteiger charge is -2.06. The number of benzene rings is 2. The highest BCUT2D eigenvalue weighted by Crippen LogP contribution is 2.22. The highest BCUT2D eigenvalue weighted by molar-refractivity contribution is 9.10. The van der Waals surface area contributed by atoms with Crippen molar-refractivity contribution >= 4 is 39.6 Å². The quantitative estimate of drug-likeness (QED) is 0.183. The molecule has 2 rings (SSSR count). The molecule has 0 saturated heterocycles. The molecular weight excluding hydrogens is 438 g/mol. The molecule has 0 aliphatic carbocycles. The third-order valence-electron chi connectivity index (χ3n) is 4.11. The van der Waals surface area contributed by atoms with Crippen LogP contribution < -0.4 is 10.7 Å². The van der Waals surface area contributed by atoms with Crippen molar-refractivity contribution in [2.45, 2.75) is 38.5 Å². The molecule has 0 atom stereocenters. The lowest BCUT2D eigenvalue weighted by atomic mass is 10.1. The van der Waals surface area contributed by atoms with Crippen LogP contribution >= 0.6 is 15.9 Å². The van der Waals surface area contributed by atoms with Gasteiger partial charge in [-0.15, -0.1) is 0 Å². The number of anilines is 1. The summed E-state index contributed by atoms with van der Waals surface area (Å²) < 4.78 is 0.764. The molecule has 0 aliphatic rings. The van der Waals surface area contributed by atoms with Gasteiger partial charge in [-0.3, -0.25) is 9.59 Å². The van der Waals surface area contributed by atoms with Crippen molar-refractivity contribution < 1.29 is 19.8 Å². The van der Waals surface area contributed by atoms with E-state index in [4.69, 9.17) is 0 Å². The zero-order chi connectivity index (χ0) is 21.1. The first-order valence-electron chi connectivity index (χ1n) is 9.34. The van der Waals surface area contributed by atoms with Crippen molar-refractivity contribution in [3.05, 3.63) is 52.5 Å². The van der Waals surface area contributed by atoms with E-state index in [1.807, 2.05) is 0 Å². The van der Waals surface area contributed by atoms with Crippen LogP contribution in [0, 0.1) is 0 Å². The summed E-state index contributed by atoms with van der Waals surface area (Å²) in [4.78, 5) is 23.7. The molecule has 0 saturated carbocycles. The van der Waals surface area contributed by atoms with E-state index in [2.05, 4.69) is 31.8 Å². The first-order chi connectivity index (χ1) is 14.0. The molecule has 8 heteroatoms. The summed E-state index contributed by atoms with van der Waals surface area (Å²) in [5.74, 6) is -0.160. The number of para-hydroxylation sites is 2. The molecule has 0 aliphatic heterocycles. The van der Waals surface area contributed by atoms with Gasteiger partial charge < -0.3 is 15.5 Å². The Labute approximate surface area is 178 Å². The fraction of sp³-hybridized carbons (Fsp3) is 0.286. The molecule has 0 bridgehead atoms. The summed E-state index contributed by atoms with van der Waals surface area (Å²) >= 11 is 3.34. The predicted molar refractivity (Wildman–Crippen MR) is 116 cm³/mol. The fourth-order valence-corrected chi connectivity index (χ4v) is 2.93. The van der Waals surface area contributed by atoms with E-state index in [1.165, 1.54) is 18.3 Å². The molecule has 0 heterocycles. The summed E-state index contributed by atoms with van der Waals surface area (Å²) in [6.07, 6.45) is 5.26. The molecule has 0 radical (unpaired) electrons. The Balaban J connectivity index is 1.56. The molecule has 0 spiro atoms. The van der Waals surface area contributed by atoms with Crippen LogP contribution in [0.3, 0.4) is 0 Å². The van der Waals surface area contributed by atoms with Crippen LogP contribution in [-0.2, 0) is 9.59 Å². The molecular formula is C21H24BrN3O4. The molecule has 0 aromatic heterocycles. The normalized spacial score (nSPS) is 10.8. The molecule has 2 aromatic carbocycles. The number of amides is 2. The van der Waals surface area contributed by atoms with Gasteiger partial charge in [0.2, 0.25) is 11.8 Å². The molecule has 154 valence electrons. The number of rotatable bonds is 10. The first kappa shape index (κ1) is 22.4. The standard InChI is InChI=1S/C21H24BrN3O4/c22-17-12-11-16(26)13-15(17)14-23-25-21(29)10-4-2-1-3-9-20(28)24-18-7-5-6-8-19(18)27/h5-8,11-14,26-27H,1-4,9-10H2,(H,24,28)(H,25,29)/b23-14+. The number of hydrogen-bond donors (Lipinski definition) is 4. The van der Waals surface area contributed by atoms with Crippen LogP contribution in [0.5, 0.6) is 11.5 Å². The Bertz CT molecular complexity index is 871. The van der Waals surface area contributed by atoms with Crippen LogP contribution in [-0.4, -0.2) is 28.2 Å². The average Bonchev–Trinajstić information content (AvgIpc) is 2.69. The van der Waals surface area contributed by atoms with Gasteiger partial charge >= 0.3 is 0 Å². The van der Waals surface area contributed by atoms with E-state index in [1.54, 1.807) is 30.3 Å². The number of hydrogen-bond acceptors (Lipinski definition) is 5. The molecule has 0 fully saturated rings. The van der Waals surface area contributed by atoms with Crippen molar-refractivity contribution in [3.63, 3.8) is 0 Å². The third-order valence-corrected chi connectivity index (χ3v) is 4.83. The number of nitrogens with one attached hydrogen (secondary N) is 2. The van der Waals surface area contributed by atoms with Gasteiger partial charge in [-0.2, -0.15) is 5.10 Å². The zero-order valence-corrected chi connectivity index (χ0v) is 17.5. The summed E-state index contributed by atoms with van der Waals surface area (Å²) in [5.41, 5.74) is 3.53. The minimum atomic E-state index is -0.185. The molecule has 4 N–H and O–H groups in total. The average molecular weight is 462 g/mol. The number of carbonyl (C=O) groups excluding carboxylic acids is 2. The molecule has 2 aromatic rings. The number of phenolic OH excluding ortho intramolecular Hbond substituents is 2. The number of unbranched alkanes of at least 4 members (excludes halogenated alkanes) is 3. The lowest BCUT2D eigenvalue weighted by molar-refractivity contribution is -0.121. The third kappa shape index (κ3) is 8.35. The number of phenols is 2. The maximum atomic E-state index is 11.9. The topological polar surface area (TPSA) is 111 Å². The van der Waals surface area contributed by atoms with Crippen molar-refractivity contribution in [3.8, 4) is 11.5 Å². The summed E-state index contributed by atoms with van der Waals surface area (Å²) in [7, 11) is 0. The summed E-state index contributed by atoms with van der Waals surface area (Å²) in [6, 6.07) is 11.4. The maximum Gasteiger partial charge on any atom is 0.240 e. The van der Waals surface area contributed by atoms with Gasteiger partial charge in [0.15, 0.2) is 0 Å².